The minimum atomic E-state index is -0.671. The molecule has 4 heteroatoms. The van der Waals surface area contributed by atoms with Crippen molar-refractivity contribution in [3.8, 4) is 12.3 Å². The van der Waals surface area contributed by atoms with Crippen molar-refractivity contribution in [2.75, 3.05) is 13.7 Å². The summed E-state index contributed by atoms with van der Waals surface area (Å²) in [4.78, 5) is 21.0. The van der Waals surface area contributed by atoms with Crippen LogP contribution in [0.3, 0.4) is 0 Å². The molecule has 0 rings (SSSR count). The summed E-state index contributed by atoms with van der Waals surface area (Å²) < 4.78 is 8.60. The number of terminal acetylenes is 1. The van der Waals surface area contributed by atoms with E-state index in [0.717, 1.165) is 0 Å². The zero-order valence-electron chi connectivity index (χ0n) is 6.12. The van der Waals surface area contributed by atoms with E-state index in [4.69, 9.17) is 6.42 Å². The quantitative estimate of drug-likeness (QED) is 0.320. The first-order chi connectivity index (χ1) is 5.20. The molecular formula is C7H8O4. The SMILES string of the molecule is C#CCOC(=O)CC(=O)OC. The van der Waals surface area contributed by atoms with Crippen molar-refractivity contribution < 1.29 is 19.1 Å². The van der Waals surface area contributed by atoms with E-state index in [1.807, 2.05) is 0 Å². The van der Waals surface area contributed by atoms with Crippen LogP contribution in [0.1, 0.15) is 6.42 Å². The van der Waals surface area contributed by atoms with Gasteiger partial charge >= 0.3 is 11.9 Å². The van der Waals surface area contributed by atoms with Gasteiger partial charge in [-0.3, -0.25) is 9.59 Å². The lowest BCUT2D eigenvalue weighted by Gasteiger charge is -1.98. The van der Waals surface area contributed by atoms with Crippen LogP contribution in [-0.4, -0.2) is 25.7 Å². The van der Waals surface area contributed by atoms with Gasteiger partial charge in [-0.05, 0) is 0 Å². The zero-order valence-corrected chi connectivity index (χ0v) is 6.12. The van der Waals surface area contributed by atoms with Gasteiger partial charge in [0.15, 0.2) is 6.61 Å². The Kier molecular flexibility index (Phi) is 4.58. The zero-order chi connectivity index (χ0) is 8.69. The van der Waals surface area contributed by atoms with E-state index in [0.29, 0.717) is 0 Å². The second-order valence-electron chi connectivity index (χ2n) is 1.62. The first-order valence-corrected chi connectivity index (χ1v) is 2.86. The highest BCUT2D eigenvalue weighted by molar-refractivity contribution is 5.91. The molecule has 0 N–H and O–H groups in total. The second-order valence-corrected chi connectivity index (χ2v) is 1.62. The molecule has 11 heavy (non-hydrogen) atoms. The van der Waals surface area contributed by atoms with Crippen LogP contribution >= 0.6 is 0 Å². The first-order valence-electron chi connectivity index (χ1n) is 2.86. The van der Waals surface area contributed by atoms with Crippen molar-refractivity contribution in [2.45, 2.75) is 6.42 Å². The molecule has 0 radical (unpaired) electrons. The van der Waals surface area contributed by atoms with Crippen LogP contribution in [0.25, 0.3) is 0 Å². The van der Waals surface area contributed by atoms with Crippen molar-refractivity contribution in [1.82, 2.24) is 0 Å². The average molecular weight is 156 g/mol. The lowest BCUT2D eigenvalue weighted by Crippen LogP contribution is -2.12. The van der Waals surface area contributed by atoms with Gasteiger partial charge in [-0.15, -0.1) is 6.42 Å². The number of esters is 2. The normalized spacial score (nSPS) is 8.00. The third-order valence-electron chi connectivity index (χ3n) is 0.833. The van der Waals surface area contributed by atoms with E-state index in [-0.39, 0.29) is 6.61 Å². The molecule has 0 aromatic rings. The second kappa shape index (κ2) is 5.30. The van der Waals surface area contributed by atoms with Gasteiger partial charge in [-0.1, -0.05) is 5.92 Å². The fourth-order valence-electron chi connectivity index (χ4n) is 0.363. The van der Waals surface area contributed by atoms with Crippen molar-refractivity contribution in [2.24, 2.45) is 0 Å². The van der Waals surface area contributed by atoms with Crippen LogP contribution < -0.4 is 0 Å². The van der Waals surface area contributed by atoms with Gasteiger partial charge in [0.2, 0.25) is 0 Å². The fraction of sp³-hybridized carbons (Fsp3) is 0.429. The molecule has 0 bridgehead atoms. The molecule has 0 saturated heterocycles. The topological polar surface area (TPSA) is 52.6 Å². The van der Waals surface area contributed by atoms with E-state index in [9.17, 15) is 9.59 Å². The number of hydrogen-bond donors (Lipinski definition) is 0. The van der Waals surface area contributed by atoms with Gasteiger partial charge in [0.05, 0.1) is 7.11 Å². The van der Waals surface area contributed by atoms with Crippen molar-refractivity contribution in [3.05, 3.63) is 0 Å². The number of ether oxygens (including phenoxy) is 2. The number of carbonyl (C=O) groups is 2. The summed E-state index contributed by atoms with van der Waals surface area (Å²) in [6.07, 6.45) is 4.41. The molecule has 0 atom stereocenters. The Bertz CT molecular complexity index is 189. The Hall–Kier alpha value is -1.50. The monoisotopic (exact) mass is 156 g/mol. The third-order valence-corrected chi connectivity index (χ3v) is 0.833. The lowest BCUT2D eigenvalue weighted by molar-refractivity contribution is -0.152. The highest BCUT2D eigenvalue weighted by atomic mass is 16.5. The summed E-state index contributed by atoms with van der Waals surface area (Å²) in [6.45, 7) is -0.115. The molecule has 0 amide bonds. The Morgan fingerprint density at radius 3 is 2.55 bits per heavy atom. The molecule has 0 aliphatic carbocycles. The van der Waals surface area contributed by atoms with E-state index in [2.05, 4.69) is 15.4 Å². The molecule has 60 valence electrons. The molecule has 0 aromatic heterocycles. The molecule has 0 fully saturated rings. The van der Waals surface area contributed by atoms with E-state index < -0.39 is 18.4 Å². The Balaban J connectivity index is 3.54. The molecule has 4 nitrogen and oxygen atoms in total. The molecule has 0 aliphatic heterocycles. The number of hydrogen-bond acceptors (Lipinski definition) is 4. The lowest BCUT2D eigenvalue weighted by atomic mass is 10.4. The van der Waals surface area contributed by atoms with Crippen LogP contribution in [-0.2, 0) is 19.1 Å². The molecule has 0 heterocycles. The average Bonchev–Trinajstić information content (AvgIpc) is 2.00. The molecule has 0 spiro atoms. The van der Waals surface area contributed by atoms with E-state index >= 15 is 0 Å². The van der Waals surface area contributed by atoms with Crippen LogP contribution in [0, 0.1) is 12.3 Å². The third kappa shape index (κ3) is 4.97. The van der Waals surface area contributed by atoms with Crippen LogP contribution in [0.4, 0.5) is 0 Å². The summed E-state index contributed by atoms with van der Waals surface area (Å²) in [5.41, 5.74) is 0. The van der Waals surface area contributed by atoms with E-state index in [1.54, 1.807) is 0 Å². The number of methoxy groups -OCH3 is 1. The fourth-order valence-corrected chi connectivity index (χ4v) is 0.363. The predicted octanol–water partition coefficient (Wildman–Crippen LogP) is -0.274. The van der Waals surface area contributed by atoms with Gasteiger partial charge in [0, 0.05) is 0 Å². The van der Waals surface area contributed by atoms with Crippen molar-refractivity contribution in [3.63, 3.8) is 0 Å². The molecule has 0 aliphatic rings. The minimum Gasteiger partial charge on any atom is -0.469 e. The van der Waals surface area contributed by atoms with E-state index in [1.165, 1.54) is 7.11 Å². The summed E-state index contributed by atoms with van der Waals surface area (Å²) in [7, 11) is 1.19. The maximum Gasteiger partial charge on any atom is 0.318 e. The Labute approximate surface area is 64.5 Å². The highest BCUT2D eigenvalue weighted by Crippen LogP contribution is 1.88. The number of carbonyl (C=O) groups excluding carboxylic acids is 2. The summed E-state index contributed by atoms with van der Waals surface area (Å²) in [6, 6.07) is 0. The highest BCUT2D eigenvalue weighted by Gasteiger charge is 2.09. The maximum absolute atomic E-state index is 10.6. The standard InChI is InChI=1S/C7H8O4/c1-3-4-11-7(9)5-6(8)10-2/h1H,4-5H2,2H3. The van der Waals surface area contributed by atoms with Crippen molar-refractivity contribution in [1.29, 1.82) is 0 Å². The Morgan fingerprint density at radius 1 is 1.45 bits per heavy atom. The van der Waals surface area contributed by atoms with Crippen LogP contribution in [0.2, 0.25) is 0 Å². The predicted molar refractivity (Wildman–Crippen MR) is 36.4 cm³/mol. The first kappa shape index (κ1) is 9.50. The molecule has 0 unspecified atom stereocenters. The molecule has 0 aromatic carbocycles. The summed E-state index contributed by atoms with van der Waals surface area (Å²) >= 11 is 0. The maximum atomic E-state index is 10.6. The Morgan fingerprint density at radius 2 is 2.09 bits per heavy atom. The molecule has 0 saturated carbocycles. The van der Waals surface area contributed by atoms with Gasteiger partial charge < -0.3 is 9.47 Å². The van der Waals surface area contributed by atoms with Gasteiger partial charge in [0.25, 0.3) is 0 Å². The van der Waals surface area contributed by atoms with Gasteiger partial charge in [-0.25, -0.2) is 0 Å². The van der Waals surface area contributed by atoms with Gasteiger partial charge in [0.1, 0.15) is 6.42 Å². The van der Waals surface area contributed by atoms with Crippen LogP contribution in [0.15, 0.2) is 0 Å². The summed E-state index contributed by atoms with van der Waals surface area (Å²) in [5.74, 6) is 0.791. The summed E-state index contributed by atoms with van der Waals surface area (Å²) in [5, 5.41) is 0. The molecular weight excluding hydrogens is 148 g/mol. The van der Waals surface area contributed by atoms with Gasteiger partial charge in [-0.2, -0.15) is 0 Å². The van der Waals surface area contributed by atoms with Crippen molar-refractivity contribution >= 4 is 11.9 Å². The smallest absolute Gasteiger partial charge is 0.318 e. The number of rotatable bonds is 3. The van der Waals surface area contributed by atoms with Crippen LogP contribution in [0.5, 0.6) is 0 Å². The minimum absolute atomic E-state index is 0.115. The largest absolute Gasteiger partial charge is 0.469 e.